The Labute approximate surface area is 128 Å². The molecule has 1 aromatic heterocycles. The van der Waals surface area contributed by atoms with Gasteiger partial charge in [0, 0.05) is 31.8 Å². The molecule has 0 saturated carbocycles. The summed E-state index contributed by atoms with van der Waals surface area (Å²) in [4.78, 5) is 34.7. The van der Waals surface area contributed by atoms with E-state index < -0.39 is 11.9 Å². The first-order valence-electron chi connectivity index (χ1n) is 6.72. The molecule has 22 heavy (non-hydrogen) atoms. The van der Waals surface area contributed by atoms with Gasteiger partial charge in [-0.2, -0.15) is 5.10 Å². The summed E-state index contributed by atoms with van der Waals surface area (Å²) in [5.74, 6) is -1.23. The summed E-state index contributed by atoms with van der Waals surface area (Å²) >= 11 is 0. The van der Waals surface area contributed by atoms with E-state index in [0.29, 0.717) is 0 Å². The van der Waals surface area contributed by atoms with Crippen molar-refractivity contribution >= 4 is 17.8 Å². The zero-order valence-corrected chi connectivity index (χ0v) is 13.0. The van der Waals surface area contributed by atoms with Crippen LogP contribution in [0.15, 0.2) is 18.2 Å². The minimum absolute atomic E-state index is 0.0183. The molecule has 0 aliphatic carbocycles. The van der Waals surface area contributed by atoms with Crippen LogP contribution < -0.4 is 10.6 Å². The summed E-state index contributed by atoms with van der Waals surface area (Å²) in [6.45, 7) is 3.83. The van der Waals surface area contributed by atoms with Gasteiger partial charge in [-0.3, -0.25) is 14.3 Å². The number of ether oxygens (including phenoxy) is 1. The summed E-state index contributed by atoms with van der Waals surface area (Å²) in [6, 6.07) is 1.40. The predicted octanol–water partition coefficient (Wildman–Crippen LogP) is 0.0173. The van der Waals surface area contributed by atoms with Crippen LogP contribution in [-0.4, -0.2) is 47.3 Å². The third-order valence-corrected chi connectivity index (χ3v) is 2.60. The molecule has 0 aliphatic heterocycles. The second-order valence-electron chi connectivity index (χ2n) is 4.80. The number of rotatable bonds is 6. The Kier molecular flexibility index (Phi) is 6.30. The van der Waals surface area contributed by atoms with Gasteiger partial charge in [-0.05, 0) is 13.8 Å². The van der Waals surface area contributed by atoms with E-state index in [9.17, 15) is 14.4 Å². The van der Waals surface area contributed by atoms with Gasteiger partial charge in [0.05, 0.1) is 7.11 Å². The van der Waals surface area contributed by atoms with Crippen molar-refractivity contribution in [3.63, 3.8) is 0 Å². The Morgan fingerprint density at radius 2 is 2.05 bits per heavy atom. The highest BCUT2D eigenvalue weighted by molar-refractivity contribution is 5.98. The van der Waals surface area contributed by atoms with E-state index in [0.717, 1.165) is 0 Å². The van der Waals surface area contributed by atoms with Crippen LogP contribution in [-0.2, 0) is 16.6 Å². The number of nitrogens with one attached hydrogen (secondary N) is 2. The lowest BCUT2D eigenvalue weighted by Gasteiger charge is -2.04. The Bertz CT molecular complexity index is 590. The zero-order chi connectivity index (χ0) is 16.7. The van der Waals surface area contributed by atoms with Crippen LogP contribution in [0.1, 0.15) is 34.8 Å². The topological polar surface area (TPSA) is 102 Å². The average Bonchev–Trinajstić information content (AvgIpc) is 2.84. The smallest absolute Gasteiger partial charge is 0.330 e. The van der Waals surface area contributed by atoms with Gasteiger partial charge in [0.15, 0.2) is 5.69 Å². The molecule has 0 aromatic carbocycles. The fraction of sp³-hybridized carbons (Fsp3) is 0.429. The molecule has 8 nitrogen and oxygen atoms in total. The number of hydrogen-bond donors (Lipinski definition) is 2. The fourth-order valence-electron chi connectivity index (χ4n) is 1.59. The molecule has 1 rings (SSSR count). The van der Waals surface area contributed by atoms with E-state index in [2.05, 4.69) is 20.5 Å². The van der Waals surface area contributed by atoms with Gasteiger partial charge in [-0.25, -0.2) is 4.79 Å². The summed E-state index contributed by atoms with van der Waals surface area (Å²) in [5, 5.41) is 9.29. The first kappa shape index (κ1) is 17.4. The molecule has 0 fully saturated rings. The van der Waals surface area contributed by atoms with Crippen molar-refractivity contribution in [3.05, 3.63) is 29.6 Å². The van der Waals surface area contributed by atoms with Crippen molar-refractivity contribution in [2.24, 2.45) is 7.05 Å². The van der Waals surface area contributed by atoms with Crippen LogP contribution in [0, 0.1) is 0 Å². The third-order valence-electron chi connectivity index (χ3n) is 2.60. The standard InChI is InChI=1S/C14H20N4O4/c1-9(2)16-13(20)10-8-11(18(3)17-10)14(21)15-7-5-6-12(19)22-4/h5-6,8-9H,7H2,1-4H3,(H,15,21)(H,16,20)/b6-5+. The second kappa shape index (κ2) is 7.96. The van der Waals surface area contributed by atoms with Gasteiger partial charge in [0.25, 0.3) is 11.8 Å². The second-order valence-corrected chi connectivity index (χ2v) is 4.80. The van der Waals surface area contributed by atoms with E-state index in [1.165, 1.54) is 30.0 Å². The highest BCUT2D eigenvalue weighted by atomic mass is 16.5. The SMILES string of the molecule is COC(=O)/C=C/CNC(=O)c1cc(C(=O)NC(C)C)nn1C. The summed E-state index contributed by atoms with van der Waals surface area (Å²) < 4.78 is 5.75. The molecule has 2 amide bonds. The minimum Gasteiger partial charge on any atom is -0.466 e. The van der Waals surface area contributed by atoms with E-state index in [1.54, 1.807) is 7.05 Å². The highest BCUT2D eigenvalue weighted by Crippen LogP contribution is 2.03. The van der Waals surface area contributed by atoms with Crippen molar-refractivity contribution < 1.29 is 19.1 Å². The lowest BCUT2D eigenvalue weighted by atomic mass is 10.3. The summed E-state index contributed by atoms with van der Waals surface area (Å²) in [6.07, 6.45) is 2.68. The first-order valence-corrected chi connectivity index (χ1v) is 6.72. The Morgan fingerprint density at radius 3 is 2.64 bits per heavy atom. The van der Waals surface area contributed by atoms with Gasteiger partial charge in [0.2, 0.25) is 0 Å². The molecule has 1 heterocycles. The summed E-state index contributed by atoms with van der Waals surface area (Å²) in [7, 11) is 2.84. The van der Waals surface area contributed by atoms with Crippen LogP contribution in [0.25, 0.3) is 0 Å². The van der Waals surface area contributed by atoms with Crippen molar-refractivity contribution in [2.75, 3.05) is 13.7 Å². The molecule has 2 N–H and O–H groups in total. The fourth-order valence-corrected chi connectivity index (χ4v) is 1.59. The van der Waals surface area contributed by atoms with E-state index in [1.807, 2.05) is 13.8 Å². The van der Waals surface area contributed by atoms with Gasteiger partial charge in [0.1, 0.15) is 5.69 Å². The number of hydrogen-bond acceptors (Lipinski definition) is 5. The van der Waals surface area contributed by atoms with Crippen LogP contribution >= 0.6 is 0 Å². The molecule has 0 bridgehead atoms. The van der Waals surface area contributed by atoms with Gasteiger partial charge < -0.3 is 15.4 Å². The lowest BCUT2D eigenvalue weighted by Crippen LogP contribution is -2.30. The van der Waals surface area contributed by atoms with Crippen molar-refractivity contribution in [2.45, 2.75) is 19.9 Å². The maximum absolute atomic E-state index is 12.0. The number of carbonyl (C=O) groups excluding carboxylic acids is 3. The number of nitrogens with zero attached hydrogens (tertiary/aromatic N) is 2. The third kappa shape index (κ3) is 5.04. The van der Waals surface area contributed by atoms with Crippen molar-refractivity contribution in [3.8, 4) is 0 Å². The van der Waals surface area contributed by atoms with Gasteiger partial charge >= 0.3 is 5.97 Å². The summed E-state index contributed by atoms with van der Waals surface area (Å²) in [5.41, 5.74) is 0.423. The predicted molar refractivity (Wildman–Crippen MR) is 79.3 cm³/mol. The molecule has 0 saturated heterocycles. The van der Waals surface area contributed by atoms with E-state index >= 15 is 0 Å². The zero-order valence-electron chi connectivity index (χ0n) is 13.0. The van der Waals surface area contributed by atoms with Gasteiger partial charge in [-0.15, -0.1) is 0 Å². The molecule has 0 aliphatic rings. The van der Waals surface area contributed by atoms with Crippen molar-refractivity contribution in [1.82, 2.24) is 20.4 Å². The molecular weight excluding hydrogens is 288 g/mol. The molecular formula is C14H20N4O4. The van der Waals surface area contributed by atoms with Crippen molar-refractivity contribution in [1.29, 1.82) is 0 Å². The minimum atomic E-state index is -0.498. The van der Waals surface area contributed by atoms with Crippen LogP contribution in [0.5, 0.6) is 0 Å². The maximum atomic E-state index is 12.0. The Morgan fingerprint density at radius 1 is 1.36 bits per heavy atom. The average molecular weight is 308 g/mol. The first-order chi connectivity index (χ1) is 10.3. The van der Waals surface area contributed by atoms with Crippen LogP contribution in [0.4, 0.5) is 0 Å². The lowest BCUT2D eigenvalue weighted by molar-refractivity contribution is -0.134. The Hall–Kier alpha value is -2.64. The molecule has 1 aromatic rings. The molecule has 120 valence electrons. The van der Waals surface area contributed by atoms with E-state index in [4.69, 9.17) is 0 Å². The van der Waals surface area contributed by atoms with Crippen LogP contribution in [0.3, 0.4) is 0 Å². The monoisotopic (exact) mass is 308 g/mol. The van der Waals surface area contributed by atoms with E-state index in [-0.39, 0.29) is 29.9 Å². The number of methoxy groups -OCH3 is 1. The highest BCUT2D eigenvalue weighted by Gasteiger charge is 2.17. The number of amides is 2. The number of carbonyl (C=O) groups is 3. The normalized spacial score (nSPS) is 10.8. The number of aromatic nitrogens is 2. The molecule has 0 spiro atoms. The Balaban J connectivity index is 2.66. The van der Waals surface area contributed by atoms with Crippen LogP contribution in [0.2, 0.25) is 0 Å². The largest absolute Gasteiger partial charge is 0.466 e. The van der Waals surface area contributed by atoms with Gasteiger partial charge in [-0.1, -0.05) is 6.08 Å². The quantitative estimate of drug-likeness (QED) is 0.569. The molecule has 0 unspecified atom stereocenters. The molecule has 8 heteroatoms. The molecule has 0 radical (unpaired) electrons. The maximum Gasteiger partial charge on any atom is 0.330 e. The molecule has 0 atom stereocenters. The number of aryl methyl sites for hydroxylation is 1. The number of esters is 1.